The summed E-state index contributed by atoms with van der Waals surface area (Å²) in [4.78, 5) is 12.2. The molecule has 5 N–H and O–H groups in total. The normalized spacial score (nSPS) is 10.4. The number of urea groups is 1. The van der Waals surface area contributed by atoms with Gasteiger partial charge >= 0.3 is 6.03 Å². The highest BCUT2D eigenvalue weighted by atomic mass is 35.5. The lowest BCUT2D eigenvalue weighted by molar-refractivity contribution is 0.262. The van der Waals surface area contributed by atoms with Crippen LogP contribution < -0.4 is 16.0 Å². The van der Waals surface area contributed by atoms with Crippen LogP contribution in [0.15, 0.2) is 36.4 Å². The van der Waals surface area contributed by atoms with Gasteiger partial charge in [0.2, 0.25) is 0 Å². The fourth-order valence-corrected chi connectivity index (χ4v) is 2.56. The van der Waals surface area contributed by atoms with Gasteiger partial charge in [-0.15, -0.1) is 0 Å². The van der Waals surface area contributed by atoms with Gasteiger partial charge in [-0.2, -0.15) is 0 Å². The van der Waals surface area contributed by atoms with Crippen molar-refractivity contribution in [2.75, 3.05) is 35.7 Å². The number of carbonyl (C=O) groups excluding carboxylic acids is 1. The molecule has 0 spiro atoms. The van der Waals surface area contributed by atoms with Gasteiger partial charge in [-0.25, -0.2) is 9.18 Å². The first-order valence-corrected chi connectivity index (χ1v) is 8.03. The number of carbonyl (C=O) groups is 1. The number of hydrogen-bond donors (Lipinski definition) is 5. The standard InChI is InChI=1S/C17H19ClFN3O3/c18-15-2-1-3-16(14(15)4-6-23)22-17(25)21-13-9-11(19)8-12(10-13)20-5-7-24/h1-3,8-10,20,23-24H,4-7H2,(H2,21,22,25). The fraction of sp³-hybridized carbons (Fsp3) is 0.235. The molecule has 8 heteroatoms. The van der Waals surface area contributed by atoms with E-state index in [0.29, 0.717) is 28.4 Å². The van der Waals surface area contributed by atoms with E-state index in [1.165, 1.54) is 12.1 Å². The summed E-state index contributed by atoms with van der Waals surface area (Å²) in [6, 6.07) is 8.42. The molecule has 2 rings (SSSR count). The van der Waals surface area contributed by atoms with Crippen LogP contribution in [0.3, 0.4) is 0 Å². The Morgan fingerprint density at radius 2 is 1.84 bits per heavy atom. The Morgan fingerprint density at radius 1 is 1.08 bits per heavy atom. The predicted octanol–water partition coefficient (Wildman–Crippen LogP) is 3.06. The zero-order valence-corrected chi connectivity index (χ0v) is 14.1. The number of rotatable bonds is 7. The maximum Gasteiger partial charge on any atom is 0.323 e. The first-order valence-electron chi connectivity index (χ1n) is 7.65. The van der Waals surface area contributed by atoms with E-state index in [0.717, 1.165) is 0 Å². The second-order valence-corrected chi connectivity index (χ2v) is 5.60. The lowest BCUT2D eigenvalue weighted by Gasteiger charge is -2.13. The highest BCUT2D eigenvalue weighted by Gasteiger charge is 2.11. The summed E-state index contributed by atoms with van der Waals surface area (Å²) in [7, 11) is 0. The van der Waals surface area contributed by atoms with Crippen molar-refractivity contribution in [1.29, 1.82) is 0 Å². The van der Waals surface area contributed by atoms with Crippen LogP contribution in [0.2, 0.25) is 5.02 Å². The molecule has 2 amide bonds. The molecule has 0 heterocycles. The molecule has 25 heavy (non-hydrogen) atoms. The van der Waals surface area contributed by atoms with E-state index in [2.05, 4.69) is 16.0 Å². The first kappa shape index (κ1) is 19.0. The highest BCUT2D eigenvalue weighted by molar-refractivity contribution is 6.31. The zero-order valence-electron chi connectivity index (χ0n) is 13.4. The summed E-state index contributed by atoms with van der Waals surface area (Å²) < 4.78 is 13.6. The van der Waals surface area contributed by atoms with Gasteiger partial charge in [0.05, 0.1) is 6.61 Å². The van der Waals surface area contributed by atoms with Gasteiger partial charge in [-0.3, -0.25) is 0 Å². The Morgan fingerprint density at radius 3 is 2.56 bits per heavy atom. The summed E-state index contributed by atoms with van der Waals surface area (Å²) >= 11 is 6.08. The summed E-state index contributed by atoms with van der Waals surface area (Å²) in [6.07, 6.45) is 0.296. The van der Waals surface area contributed by atoms with Gasteiger partial charge in [0.1, 0.15) is 5.82 Å². The molecule has 0 bridgehead atoms. The number of amides is 2. The zero-order chi connectivity index (χ0) is 18.2. The topological polar surface area (TPSA) is 93.6 Å². The quantitative estimate of drug-likeness (QED) is 0.520. The Kier molecular flexibility index (Phi) is 7.00. The number of anilines is 3. The molecule has 2 aromatic carbocycles. The van der Waals surface area contributed by atoms with Crippen LogP contribution in [0, 0.1) is 5.82 Å². The van der Waals surface area contributed by atoms with Crippen LogP contribution >= 0.6 is 11.6 Å². The third-order valence-electron chi connectivity index (χ3n) is 3.33. The molecule has 6 nitrogen and oxygen atoms in total. The van der Waals surface area contributed by atoms with Crippen molar-refractivity contribution in [3.8, 4) is 0 Å². The molecule has 0 atom stereocenters. The lowest BCUT2D eigenvalue weighted by atomic mass is 10.1. The van der Waals surface area contributed by atoms with Crippen LogP contribution in [0.4, 0.5) is 26.2 Å². The Hall–Kier alpha value is -2.35. The largest absolute Gasteiger partial charge is 0.396 e. The van der Waals surface area contributed by atoms with Gasteiger partial charge in [0, 0.05) is 35.2 Å². The summed E-state index contributed by atoms with van der Waals surface area (Å²) in [5.41, 5.74) is 1.78. The summed E-state index contributed by atoms with van der Waals surface area (Å²) in [5.74, 6) is -0.526. The molecular formula is C17H19ClFN3O3. The summed E-state index contributed by atoms with van der Waals surface area (Å²) in [5, 5.41) is 26.4. The molecule has 0 aromatic heterocycles. The average Bonchev–Trinajstić information content (AvgIpc) is 2.55. The molecule has 0 aliphatic heterocycles. The molecule has 2 aromatic rings. The molecule has 134 valence electrons. The van der Waals surface area contributed by atoms with Gasteiger partial charge in [-0.1, -0.05) is 17.7 Å². The maximum atomic E-state index is 13.6. The minimum atomic E-state index is -0.569. The van der Waals surface area contributed by atoms with Crippen LogP contribution in [0.1, 0.15) is 5.56 Å². The van der Waals surface area contributed by atoms with E-state index in [1.54, 1.807) is 24.3 Å². The molecule has 0 aliphatic rings. The summed E-state index contributed by atoms with van der Waals surface area (Å²) in [6.45, 7) is 0.0636. The number of hydrogen-bond acceptors (Lipinski definition) is 4. The van der Waals surface area contributed by atoms with E-state index in [9.17, 15) is 9.18 Å². The van der Waals surface area contributed by atoms with Gasteiger partial charge < -0.3 is 26.2 Å². The molecular weight excluding hydrogens is 349 g/mol. The third kappa shape index (κ3) is 5.60. The van der Waals surface area contributed by atoms with Crippen molar-refractivity contribution < 1.29 is 19.4 Å². The predicted molar refractivity (Wildman–Crippen MR) is 96.9 cm³/mol. The highest BCUT2D eigenvalue weighted by Crippen LogP contribution is 2.25. The second-order valence-electron chi connectivity index (χ2n) is 5.20. The molecule has 0 fully saturated rings. The minimum Gasteiger partial charge on any atom is -0.396 e. The van der Waals surface area contributed by atoms with Crippen LogP contribution in [0.5, 0.6) is 0 Å². The first-order chi connectivity index (χ1) is 12.0. The van der Waals surface area contributed by atoms with Gasteiger partial charge in [0.25, 0.3) is 0 Å². The van der Waals surface area contributed by atoms with Gasteiger partial charge in [0.15, 0.2) is 0 Å². The van der Waals surface area contributed by atoms with Crippen molar-refractivity contribution in [3.05, 3.63) is 52.8 Å². The smallest absolute Gasteiger partial charge is 0.323 e. The van der Waals surface area contributed by atoms with E-state index in [4.69, 9.17) is 21.8 Å². The Labute approximate surface area is 149 Å². The van der Waals surface area contributed by atoms with Crippen LogP contribution in [-0.4, -0.2) is 36.0 Å². The number of aliphatic hydroxyl groups excluding tert-OH is 2. The Balaban J connectivity index is 2.10. The fourth-order valence-electron chi connectivity index (χ4n) is 2.29. The third-order valence-corrected chi connectivity index (χ3v) is 3.68. The van der Waals surface area contributed by atoms with Gasteiger partial charge in [-0.05, 0) is 42.3 Å². The number of benzene rings is 2. The van der Waals surface area contributed by atoms with Crippen LogP contribution in [0.25, 0.3) is 0 Å². The molecule has 0 radical (unpaired) electrons. The van der Waals surface area contributed by atoms with Crippen LogP contribution in [-0.2, 0) is 6.42 Å². The van der Waals surface area contributed by atoms with Crippen molar-refractivity contribution in [2.45, 2.75) is 6.42 Å². The molecule has 0 saturated heterocycles. The SMILES string of the molecule is O=C(Nc1cc(F)cc(NCCO)c1)Nc1cccc(Cl)c1CCO. The van der Waals surface area contributed by atoms with Crippen molar-refractivity contribution >= 4 is 34.7 Å². The monoisotopic (exact) mass is 367 g/mol. The Bertz CT molecular complexity index is 743. The molecule has 0 saturated carbocycles. The van der Waals surface area contributed by atoms with Crippen molar-refractivity contribution in [1.82, 2.24) is 0 Å². The van der Waals surface area contributed by atoms with E-state index >= 15 is 0 Å². The number of nitrogens with one attached hydrogen (secondary N) is 3. The van der Waals surface area contributed by atoms with E-state index in [1.807, 2.05) is 0 Å². The second kappa shape index (κ2) is 9.22. The number of halogens is 2. The number of aliphatic hydroxyl groups is 2. The van der Waals surface area contributed by atoms with Crippen molar-refractivity contribution in [3.63, 3.8) is 0 Å². The minimum absolute atomic E-state index is 0.0951. The van der Waals surface area contributed by atoms with Crippen molar-refractivity contribution in [2.24, 2.45) is 0 Å². The maximum absolute atomic E-state index is 13.6. The average molecular weight is 368 g/mol. The molecule has 0 aliphatic carbocycles. The van der Waals surface area contributed by atoms with E-state index in [-0.39, 0.29) is 25.4 Å². The molecule has 0 unspecified atom stereocenters. The van der Waals surface area contributed by atoms with E-state index < -0.39 is 11.8 Å². The lowest BCUT2D eigenvalue weighted by Crippen LogP contribution is -2.20.